The van der Waals surface area contributed by atoms with Gasteiger partial charge in [-0.25, -0.2) is 0 Å². The third-order valence-corrected chi connectivity index (χ3v) is 3.21. The predicted molar refractivity (Wildman–Crippen MR) is 68.3 cm³/mol. The minimum absolute atomic E-state index is 0.216. The molecule has 0 atom stereocenters. The molecule has 1 aromatic carbocycles. The van der Waals surface area contributed by atoms with Crippen molar-refractivity contribution in [3.8, 4) is 0 Å². The maximum absolute atomic E-state index is 12.0. The van der Waals surface area contributed by atoms with Gasteiger partial charge in [-0.1, -0.05) is 15.9 Å². The Balaban J connectivity index is 2.17. The minimum Gasteiger partial charge on any atom is -0.329 e. The van der Waals surface area contributed by atoms with Crippen LogP contribution in [0.15, 0.2) is 28.7 Å². The van der Waals surface area contributed by atoms with Crippen LogP contribution in [0.5, 0.6) is 0 Å². The van der Waals surface area contributed by atoms with Gasteiger partial charge in [0.2, 0.25) is 5.91 Å². The first-order valence-electron chi connectivity index (χ1n) is 5.49. The third-order valence-electron chi connectivity index (χ3n) is 2.68. The summed E-state index contributed by atoms with van der Waals surface area (Å²) in [5.74, 6) is 0.447. The summed E-state index contributed by atoms with van der Waals surface area (Å²) < 4.78 is 1.02. The average molecular weight is 283 g/mol. The molecule has 4 heteroatoms. The molecule has 0 heterocycles. The predicted octanol–water partition coefficient (Wildman–Crippen LogP) is 2.15. The number of carbonyl (C=O) groups excluding carboxylic acids is 1. The van der Waals surface area contributed by atoms with E-state index in [4.69, 9.17) is 5.73 Å². The topological polar surface area (TPSA) is 46.3 Å². The molecule has 1 amide bonds. The van der Waals surface area contributed by atoms with Crippen molar-refractivity contribution in [3.05, 3.63) is 28.7 Å². The fourth-order valence-electron chi connectivity index (χ4n) is 1.67. The summed E-state index contributed by atoms with van der Waals surface area (Å²) in [5, 5.41) is 0. The first-order valence-corrected chi connectivity index (χ1v) is 6.28. The van der Waals surface area contributed by atoms with Gasteiger partial charge in [-0.3, -0.25) is 4.79 Å². The summed E-state index contributed by atoms with van der Waals surface area (Å²) in [6.45, 7) is 1.09. The van der Waals surface area contributed by atoms with Crippen molar-refractivity contribution in [3.63, 3.8) is 0 Å². The normalized spacial score (nSPS) is 14.9. The molecule has 0 aromatic heterocycles. The van der Waals surface area contributed by atoms with E-state index in [1.54, 1.807) is 4.90 Å². The zero-order valence-electron chi connectivity index (χ0n) is 9.03. The molecular formula is C12H15BrN2O. The van der Waals surface area contributed by atoms with Crippen molar-refractivity contribution in [2.45, 2.75) is 12.8 Å². The number of nitrogens with two attached hydrogens (primary N) is 1. The van der Waals surface area contributed by atoms with Crippen molar-refractivity contribution in [2.75, 3.05) is 18.0 Å². The highest BCUT2D eigenvalue weighted by molar-refractivity contribution is 9.10. The lowest BCUT2D eigenvalue weighted by molar-refractivity contribution is -0.119. The molecule has 1 aliphatic carbocycles. The highest BCUT2D eigenvalue weighted by atomic mass is 79.9. The number of carbonyl (C=O) groups is 1. The van der Waals surface area contributed by atoms with Crippen LogP contribution in [-0.4, -0.2) is 19.0 Å². The van der Waals surface area contributed by atoms with Gasteiger partial charge in [0.25, 0.3) is 0 Å². The number of halogens is 1. The summed E-state index contributed by atoms with van der Waals surface area (Å²) in [7, 11) is 0. The third kappa shape index (κ3) is 2.62. The van der Waals surface area contributed by atoms with Gasteiger partial charge in [0.05, 0.1) is 0 Å². The molecule has 1 fully saturated rings. The number of hydrogen-bond acceptors (Lipinski definition) is 2. The van der Waals surface area contributed by atoms with E-state index in [2.05, 4.69) is 15.9 Å². The van der Waals surface area contributed by atoms with E-state index in [1.165, 1.54) is 0 Å². The molecule has 0 spiro atoms. The van der Waals surface area contributed by atoms with Crippen LogP contribution in [0.25, 0.3) is 0 Å². The number of rotatable bonds is 4. The second kappa shape index (κ2) is 4.97. The molecule has 86 valence electrons. The van der Waals surface area contributed by atoms with Crippen LogP contribution in [0.4, 0.5) is 5.69 Å². The van der Waals surface area contributed by atoms with Crippen LogP contribution in [0.1, 0.15) is 12.8 Å². The smallest absolute Gasteiger partial charge is 0.230 e. The molecule has 0 saturated heterocycles. The van der Waals surface area contributed by atoms with Crippen LogP contribution in [0, 0.1) is 5.92 Å². The number of nitrogens with zero attached hydrogens (tertiary/aromatic N) is 1. The molecule has 16 heavy (non-hydrogen) atoms. The van der Waals surface area contributed by atoms with Gasteiger partial charge in [-0.15, -0.1) is 0 Å². The van der Waals surface area contributed by atoms with Gasteiger partial charge in [0.1, 0.15) is 0 Å². The zero-order valence-corrected chi connectivity index (χ0v) is 10.6. The largest absolute Gasteiger partial charge is 0.329 e. The van der Waals surface area contributed by atoms with E-state index in [0.29, 0.717) is 13.1 Å². The Kier molecular flexibility index (Phi) is 3.61. The average Bonchev–Trinajstić information content (AvgIpc) is 3.10. The van der Waals surface area contributed by atoms with Gasteiger partial charge in [0, 0.05) is 29.2 Å². The summed E-state index contributed by atoms with van der Waals surface area (Å²) >= 11 is 3.38. The standard InChI is InChI=1S/C12H15BrN2O/c13-10-3-5-11(6-4-10)15(8-7-14)12(16)9-1-2-9/h3-6,9H,1-2,7-8,14H2. The van der Waals surface area contributed by atoms with Crippen molar-refractivity contribution < 1.29 is 4.79 Å². The van der Waals surface area contributed by atoms with E-state index in [1.807, 2.05) is 24.3 Å². The lowest BCUT2D eigenvalue weighted by Gasteiger charge is -2.22. The number of benzene rings is 1. The Morgan fingerprint density at radius 2 is 2.00 bits per heavy atom. The number of anilines is 1. The zero-order chi connectivity index (χ0) is 11.5. The van der Waals surface area contributed by atoms with E-state index in [-0.39, 0.29) is 11.8 Å². The Morgan fingerprint density at radius 1 is 1.38 bits per heavy atom. The molecule has 0 unspecified atom stereocenters. The first-order chi connectivity index (χ1) is 7.72. The maximum atomic E-state index is 12.0. The summed E-state index contributed by atoms with van der Waals surface area (Å²) in [6, 6.07) is 7.78. The van der Waals surface area contributed by atoms with Gasteiger partial charge in [-0.05, 0) is 37.1 Å². The Labute approximate surface area is 104 Å². The second-order valence-corrected chi connectivity index (χ2v) is 4.94. The second-order valence-electron chi connectivity index (χ2n) is 4.03. The Hall–Kier alpha value is -0.870. The molecule has 3 nitrogen and oxygen atoms in total. The summed E-state index contributed by atoms with van der Waals surface area (Å²) in [5.41, 5.74) is 6.49. The Morgan fingerprint density at radius 3 is 2.50 bits per heavy atom. The van der Waals surface area contributed by atoms with Crippen LogP contribution >= 0.6 is 15.9 Å². The minimum atomic E-state index is 0.216. The van der Waals surface area contributed by atoms with E-state index >= 15 is 0 Å². The van der Waals surface area contributed by atoms with Gasteiger partial charge in [0.15, 0.2) is 0 Å². The highest BCUT2D eigenvalue weighted by Gasteiger charge is 2.33. The van der Waals surface area contributed by atoms with Gasteiger partial charge in [-0.2, -0.15) is 0 Å². The molecule has 2 N–H and O–H groups in total. The van der Waals surface area contributed by atoms with E-state index in [0.717, 1.165) is 23.0 Å². The van der Waals surface area contributed by atoms with Crippen LogP contribution in [0.2, 0.25) is 0 Å². The number of amides is 1. The fraction of sp³-hybridized carbons (Fsp3) is 0.417. The van der Waals surface area contributed by atoms with Crippen LogP contribution < -0.4 is 10.6 Å². The van der Waals surface area contributed by atoms with Crippen molar-refractivity contribution >= 4 is 27.5 Å². The lowest BCUT2D eigenvalue weighted by Crippen LogP contribution is -2.36. The lowest BCUT2D eigenvalue weighted by atomic mass is 10.2. The Bertz CT molecular complexity index is 373. The van der Waals surface area contributed by atoms with Crippen LogP contribution in [-0.2, 0) is 4.79 Å². The molecular weight excluding hydrogens is 268 g/mol. The fourth-order valence-corrected chi connectivity index (χ4v) is 1.93. The van der Waals surface area contributed by atoms with Crippen molar-refractivity contribution in [2.24, 2.45) is 11.7 Å². The molecule has 1 saturated carbocycles. The molecule has 0 aliphatic heterocycles. The SMILES string of the molecule is NCCN(C(=O)C1CC1)c1ccc(Br)cc1. The highest BCUT2D eigenvalue weighted by Crippen LogP contribution is 2.32. The molecule has 0 bridgehead atoms. The van der Waals surface area contributed by atoms with Crippen molar-refractivity contribution in [1.29, 1.82) is 0 Å². The first kappa shape index (κ1) is 11.6. The molecule has 1 aliphatic rings. The van der Waals surface area contributed by atoms with Crippen LogP contribution in [0.3, 0.4) is 0 Å². The monoisotopic (exact) mass is 282 g/mol. The maximum Gasteiger partial charge on any atom is 0.230 e. The molecule has 1 aromatic rings. The van der Waals surface area contributed by atoms with E-state index < -0.39 is 0 Å². The van der Waals surface area contributed by atoms with Gasteiger partial charge < -0.3 is 10.6 Å². The molecule has 0 radical (unpaired) electrons. The van der Waals surface area contributed by atoms with E-state index in [9.17, 15) is 4.79 Å². The summed E-state index contributed by atoms with van der Waals surface area (Å²) in [4.78, 5) is 13.8. The summed E-state index contributed by atoms with van der Waals surface area (Å²) in [6.07, 6.45) is 2.05. The van der Waals surface area contributed by atoms with Crippen molar-refractivity contribution in [1.82, 2.24) is 0 Å². The molecule has 2 rings (SSSR count). The quantitative estimate of drug-likeness (QED) is 0.920. The number of hydrogen-bond donors (Lipinski definition) is 1. The van der Waals surface area contributed by atoms with Gasteiger partial charge >= 0.3 is 0 Å².